The number of halogens is 1. The lowest BCUT2D eigenvalue weighted by atomic mass is 9.78. The van der Waals surface area contributed by atoms with E-state index in [2.05, 4.69) is 20.3 Å². The van der Waals surface area contributed by atoms with E-state index in [0.29, 0.717) is 50.7 Å². The summed E-state index contributed by atoms with van der Waals surface area (Å²) in [4.78, 5) is 35.2. The molecule has 0 saturated carbocycles. The zero-order chi connectivity index (χ0) is 22.7. The van der Waals surface area contributed by atoms with Crippen LogP contribution in [0.3, 0.4) is 0 Å². The molecule has 33 heavy (non-hydrogen) atoms. The Morgan fingerprint density at radius 1 is 1.24 bits per heavy atom. The van der Waals surface area contributed by atoms with Crippen LogP contribution in [0.15, 0.2) is 62.5 Å². The molecule has 6 rings (SSSR count). The maximum atomic E-state index is 12.9. The van der Waals surface area contributed by atoms with Crippen LogP contribution in [0.4, 0.5) is 5.69 Å². The van der Waals surface area contributed by atoms with Crippen LogP contribution in [-0.4, -0.2) is 31.8 Å². The first-order valence-corrected chi connectivity index (χ1v) is 11.6. The number of hydrogen-bond donors (Lipinski definition) is 4. The van der Waals surface area contributed by atoms with Crippen LogP contribution in [-0.2, 0) is 4.79 Å². The third-order valence-electron chi connectivity index (χ3n) is 5.96. The highest BCUT2D eigenvalue weighted by Gasteiger charge is 2.39. The van der Waals surface area contributed by atoms with Crippen molar-refractivity contribution in [2.75, 3.05) is 5.32 Å². The molecule has 4 N–H and O–H groups in total. The number of allylic oxidation sites excluding steroid dienone is 2. The quantitative estimate of drug-likeness (QED) is 0.302. The molecule has 0 saturated heterocycles. The van der Waals surface area contributed by atoms with Crippen molar-refractivity contribution in [1.29, 1.82) is 0 Å². The number of aromatic nitrogens is 3. The lowest BCUT2D eigenvalue weighted by Crippen LogP contribution is -2.26. The van der Waals surface area contributed by atoms with E-state index in [4.69, 9.17) is 16.0 Å². The van der Waals surface area contributed by atoms with Crippen molar-refractivity contribution < 1.29 is 19.1 Å². The zero-order valence-corrected chi connectivity index (χ0v) is 18.6. The minimum Gasteiger partial charge on any atom is -0.477 e. The van der Waals surface area contributed by atoms with Crippen LogP contribution in [0.1, 0.15) is 47.0 Å². The Kier molecular flexibility index (Phi) is 4.63. The van der Waals surface area contributed by atoms with Gasteiger partial charge in [-0.3, -0.25) is 4.79 Å². The molecule has 2 aliphatic rings. The number of carbonyl (C=O) groups is 2. The number of imidazole rings is 1. The molecule has 4 aromatic rings. The molecular formula is C23H17ClN4O4S. The Hall–Kier alpha value is -3.43. The topological polar surface area (TPSA) is 124 Å². The molecule has 1 atom stereocenters. The highest BCUT2D eigenvalue weighted by atomic mass is 35.5. The minimum absolute atomic E-state index is 0.0530. The highest BCUT2D eigenvalue weighted by Crippen LogP contribution is 2.47. The van der Waals surface area contributed by atoms with Crippen molar-refractivity contribution in [3.05, 3.63) is 69.8 Å². The number of nitrogens with one attached hydrogen (secondary N) is 3. The second-order valence-electron chi connectivity index (χ2n) is 7.99. The zero-order valence-electron chi connectivity index (χ0n) is 17.1. The predicted molar refractivity (Wildman–Crippen MR) is 123 cm³/mol. The van der Waals surface area contributed by atoms with Gasteiger partial charge in [-0.25, -0.2) is 9.78 Å². The lowest BCUT2D eigenvalue weighted by molar-refractivity contribution is -0.116. The summed E-state index contributed by atoms with van der Waals surface area (Å²) < 4.78 is 6.17. The third-order valence-corrected chi connectivity index (χ3v) is 7.00. The fourth-order valence-electron chi connectivity index (χ4n) is 4.55. The van der Waals surface area contributed by atoms with Gasteiger partial charge in [-0.15, -0.1) is 0 Å². The van der Waals surface area contributed by atoms with E-state index in [1.54, 1.807) is 12.3 Å². The monoisotopic (exact) mass is 480 g/mol. The minimum atomic E-state index is -1.06. The van der Waals surface area contributed by atoms with Gasteiger partial charge in [0.2, 0.25) is 0 Å². The Morgan fingerprint density at radius 3 is 2.97 bits per heavy atom. The summed E-state index contributed by atoms with van der Waals surface area (Å²) in [5, 5.41) is 14.7. The normalized spacial score (nSPS) is 17.7. The van der Waals surface area contributed by atoms with Gasteiger partial charge in [0, 0.05) is 34.5 Å². The Balaban J connectivity index is 1.39. The number of hydrogen-bond acceptors (Lipinski definition) is 6. The van der Waals surface area contributed by atoms with Crippen LogP contribution in [0.25, 0.3) is 11.0 Å². The standard InChI is InChI=1S/C23H17ClN4O4S/c24-10-4-5-12-14(8-10)28-23(27-12)33-17-7-6-16(32-17)18-11-9-25-21(22(30)31)20(11)26-13-2-1-3-15(29)19(13)18/h4-9,18,25-26H,1-3H2,(H,27,28)(H,30,31). The van der Waals surface area contributed by atoms with Crippen molar-refractivity contribution >= 4 is 51.8 Å². The molecule has 0 amide bonds. The Morgan fingerprint density at radius 2 is 2.12 bits per heavy atom. The summed E-state index contributed by atoms with van der Waals surface area (Å²) in [7, 11) is 0. The molecule has 0 fully saturated rings. The van der Waals surface area contributed by atoms with Crippen LogP contribution >= 0.6 is 23.4 Å². The van der Waals surface area contributed by atoms with E-state index < -0.39 is 11.9 Å². The van der Waals surface area contributed by atoms with Gasteiger partial charge in [0.1, 0.15) is 11.5 Å². The second-order valence-corrected chi connectivity index (χ2v) is 9.42. The van der Waals surface area contributed by atoms with E-state index in [1.165, 1.54) is 11.8 Å². The average molecular weight is 481 g/mol. The molecule has 4 heterocycles. The number of aromatic carboxylic acids is 1. The number of carbonyl (C=O) groups excluding carboxylic acids is 1. The fraction of sp³-hybridized carbons (Fsp3) is 0.174. The molecule has 1 aliphatic carbocycles. The number of fused-ring (bicyclic) bond motifs is 2. The predicted octanol–water partition coefficient (Wildman–Crippen LogP) is 5.55. The summed E-state index contributed by atoms with van der Waals surface area (Å²) in [5.41, 5.74) is 4.29. The van der Waals surface area contributed by atoms with Crippen molar-refractivity contribution in [2.24, 2.45) is 0 Å². The largest absolute Gasteiger partial charge is 0.477 e. The van der Waals surface area contributed by atoms with Gasteiger partial charge in [-0.2, -0.15) is 0 Å². The van der Waals surface area contributed by atoms with E-state index in [-0.39, 0.29) is 11.5 Å². The van der Waals surface area contributed by atoms with Crippen molar-refractivity contribution in [3.63, 3.8) is 0 Å². The van der Waals surface area contributed by atoms with Gasteiger partial charge >= 0.3 is 5.97 Å². The van der Waals surface area contributed by atoms with Crippen molar-refractivity contribution in [1.82, 2.24) is 15.0 Å². The summed E-state index contributed by atoms with van der Waals surface area (Å²) in [6.07, 6.45) is 3.52. The van der Waals surface area contributed by atoms with E-state index in [1.807, 2.05) is 24.3 Å². The first-order valence-electron chi connectivity index (χ1n) is 10.4. The SMILES string of the molecule is O=C1CCCC2=C1C(c1ccc(Sc3nc4ccc(Cl)cc4[nH]3)o1)c1c[nH]c(C(=O)O)c1N2. The van der Waals surface area contributed by atoms with Gasteiger partial charge in [0.05, 0.1) is 22.6 Å². The summed E-state index contributed by atoms with van der Waals surface area (Å²) in [6.45, 7) is 0. The smallest absolute Gasteiger partial charge is 0.354 e. The van der Waals surface area contributed by atoms with E-state index in [0.717, 1.165) is 23.2 Å². The number of H-pyrrole nitrogens is 2. The molecule has 1 aliphatic heterocycles. The van der Waals surface area contributed by atoms with Crippen LogP contribution in [0.2, 0.25) is 5.02 Å². The molecule has 0 radical (unpaired) electrons. The molecule has 10 heteroatoms. The van der Waals surface area contributed by atoms with Crippen molar-refractivity contribution in [3.8, 4) is 0 Å². The summed E-state index contributed by atoms with van der Waals surface area (Å²) in [6, 6.07) is 9.11. The number of aromatic amines is 2. The maximum absolute atomic E-state index is 12.9. The number of furan rings is 1. The van der Waals surface area contributed by atoms with Crippen LogP contribution < -0.4 is 5.32 Å². The van der Waals surface area contributed by atoms with Gasteiger partial charge < -0.3 is 24.8 Å². The average Bonchev–Trinajstić information content (AvgIpc) is 3.50. The first-order chi connectivity index (χ1) is 16.0. The van der Waals surface area contributed by atoms with Gasteiger partial charge in [0.25, 0.3) is 0 Å². The van der Waals surface area contributed by atoms with Crippen molar-refractivity contribution in [2.45, 2.75) is 35.4 Å². The number of rotatable bonds is 4. The number of benzene rings is 1. The van der Waals surface area contributed by atoms with Crippen LogP contribution in [0.5, 0.6) is 0 Å². The number of Topliss-reactive ketones (excluding diaryl/α,β-unsaturated/α-hetero) is 1. The number of carboxylic acid groups (broad SMARTS) is 1. The second kappa shape index (κ2) is 7.57. The van der Waals surface area contributed by atoms with Crippen LogP contribution in [0, 0.1) is 0 Å². The first kappa shape index (κ1) is 20.2. The number of anilines is 1. The van der Waals surface area contributed by atoms with E-state index in [9.17, 15) is 14.7 Å². The Bertz CT molecular complexity index is 1480. The molecule has 1 unspecified atom stereocenters. The summed E-state index contributed by atoms with van der Waals surface area (Å²) >= 11 is 7.39. The molecule has 1 aromatic carbocycles. The molecule has 0 spiro atoms. The summed E-state index contributed by atoms with van der Waals surface area (Å²) in [5.74, 6) is -0.901. The molecule has 166 valence electrons. The molecule has 3 aromatic heterocycles. The van der Waals surface area contributed by atoms with E-state index >= 15 is 0 Å². The van der Waals surface area contributed by atoms with Gasteiger partial charge in [-0.05, 0) is 54.9 Å². The third kappa shape index (κ3) is 3.35. The maximum Gasteiger partial charge on any atom is 0.354 e. The molecular weight excluding hydrogens is 464 g/mol. The molecule has 8 nitrogen and oxygen atoms in total. The number of nitrogens with zero attached hydrogens (tertiary/aromatic N) is 1. The number of carboxylic acids is 1. The fourth-order valence-corrected chi connectivity index (χ4v) is 5.49. The Labute approximate surface area is 196 Å². The number of ketones is 1. The highest BCUT2D eigenvalue weighted by molar-refractivity contribution is 7.99. The van der Waals surface area contributed by atoms with Gasteiger partial charge in [0.15, 0.2) is 16.0 Å². The lowest BCUT2D eigenvalue weighted by Gasteiger charge is -2.31. The molecule has 0 bridgehead atoms. The van der Waals surface area contributed by atoms with Gasteiger partial charge in [-0.1, -0.05) is 11.6 Å².